The number of rotatable bonds is 2. The highest BCUT2D eigenvalue weighted by Gasteiger charge is 2.35. The van der Waals surface area contributed by atoms with E-state index in [1.54, 1.807) is 11.1 Å². The van der Waals surface area contributed by atoms with Crippen molar-refractivity contribution in [2.75, 3.05) is 13.1 Å². The number of carbonyl (C=O) groups is 1. The number of carbonyl (C=O) groups excluding carboxylic acids is 1. The van der Waals surface area contributed by atoms with E-state index in [1.807, 2.05) is 20.8 Å². The molecule has 0 aromatic carbocycles. The predicted molar refractivity (Wildman–Crippen MR) is 82.7 cm³/mol. The van der Waals surface area contributed by atoms with Gasteiger partial charge in [-0.05, 0) is 33.6 Å². The first kappa shape index (κ1) is 17.0. The lowest BCUT2D eigenvalue weighted by Crippen LogP contribution is -2.49. The van der Waals surface area contributed by atoms with Crippen LogP contribution in [0.5, 0.6) is 0 Å². The van der Waals surface area contributed by atoms with Crippen molar-refractivity contribution in [2.45, 2.75) is 51.2 Å². The lowest BCUT2D eigenvalue weighted by Gasteiger charge is -2.38. The number of aromatic nitrogens is 2. The third-order valence-electron chi connectivity index (χ3n) is 3.53. The fourth-order valence-corrected chi connectivity index (χ4v) is 2.47. The monoisotopic (exact) mass is 327 g/mol. The van der Waals surface area contributed by atoms with Gasteiger partial charge in [0, 0.05) is 19.5 Å². The third-order valence-corrected chi connectivity index (χ3v) is 3.73. The zero-order chi connectivity index (χ0) is 16.4. The molecular formula is C15H22ClN3O3. The SMILES string of the molecule is CC(C)(C)OC(=O)N1CCC(O)(Cc2cnc(Cl)cn2)CC1. The number of hydrogen-bond donors (Lipinski definition) is 1. The lowest BCUT2D eigenvalue weighted by atomic mass is 9.87. The van der Waals surface area contributed by atoms with Crippen LogP contribution in [0.2, 0.25) is 5.15 Å². The summed E-state index contributed by atoms with van der Waals surface area (Å²) >= 11 is 5.70. The molecule has 0 atom stereocenters. The average molecular weight is 328 g/mol. The molecule has 1 aromatic heterocycles. The molecule has 0 unspecified atom stereocenters. The summed E-state index contributed by atoms with van der Waals surface area (Å²) in [6.45, 7) is 6.44. The molecule has 1 aromatic rings. The Hall–Kier alpha value is -1.40. The normalized spacial score (nSPS) is 18.1. The Bertz CT molecular complexity index is 520. The van der Waals surface area contributed by atoms with Crippen molar-refractivity contribution in [1.29, 1.82) is 0 Å². The van der Waals surface area contributed by atoms with Crippen molar-refractivity contribution in [3.05, 3.63) is 23.2 Å². The van der Waals surface area contributed by atoms with Crippen LogP contribution in [0.25, 0.3) is 0 Å². The second kappa shape index (κ2) is 6.38. The molecule has 1 aliphatic heterocycles. The van der Waals surface area contributed by atoms with Crippen molar-refractivity contribution in [3.63, 3.8) is 0 Å². The zero-order valence-corrected chi connectivity index (χ0v) is 13.9. The molecule has 122 valence electrons. The maximum Gasteiger partial charge on any atom is 0.410 e. The van der Waals surface area contributed by atoms with Crippen molar-refractivity contribution < 1.29 is 14.6 Å². The number of piperidine rings is 1. The number of amides is 1. The first-order valence-electron chi connectivity index (χ1n) is 7.34. The van der Waals surface area contributed by atoms with Gasteiger partial charge in [0.15, 0.2) is 0 Å². The largest absolute Gasteiger partial charge is 0.444 e. The predicted octanol–water partition coefficient (Wildman–Crippen LogP) is 2.43. The first-order valence-corrected chi connectivity index (χ1v) is 7.71. The Morgan fingerprint density at radius 2 is 2.00 bits per heavy atom. The van der Waals surface area contributed by atoms with Crippen molar-refractivity contribution in [2.24, 2.45) is 0 Å². The molecule has 0 radical (unpaired) electrons. The fourth-order valence-electron chi connectivity index (χ4n) is 2.38. The van der Waals surface area contributed by atoms with Crippen molar-refractivity contribution in [3.8, 4) is 0 Å². The van der Waals surface area contributed by atoms with E-state index < -0.39 is 11.2 Å². The highest BCUT2D eigenvalue weighted by Crippen LogP contribution is 2.26. The summed E-state index contributed by atoms with van der Waals surface area (Å²) in [4.78, 5) is 21.8. The van der Waals surface area contributed by atoms with E-state index in [0.29, 0.717) is 43.2 Å². The second-order valence-corrected chi connectivity index (χ2v) is 7.09. The minimum absolute atomic E-state index is 0.329. The molecule has 22 heavy (non-hydrogen) atoms. The summed E-state index contributed by atoms with van der Waals surface area (Å²) in [5.74, 6) is 0. The van der Waals surface area contributed by atoms with Crippen LogP contribution in [-0.4, -0.2) is 50.4 Å². The molecule has 2 rings (SSSR count). The summed E-state index contributed by atoms with van der Waals surface area (Å²) in [6.07, 6.45) is 4.07. The van der Waals surface area contributed by atoms with Gasteiger partial charge in [-0.1, -0.05) is 11.6 Å². The van der Waals surface area contributed by atoms with Crippen LogP contribution in [0.15, 0.2) is 12.4 Å². The molecule has 0 aliphatic carbocycles. The molecule has 1 aliphatic rings. The molecule has 0 spiro atoms. The molecule has 2 heterocycles. The van der Waals surface area contributed by atoms with E-state index in [0.717, 1.165) is 0 Å². The Morgan fingerprint density at radius 1 is 1.36 bits per heavy atom. The number of ether oxygens (including phenoxy) is 1. The molecule has 1 amide bonds. The topological polar surface area (TPSA) is 75.5 Å². The quantitative estimate of drug-likeness (QED) is 0.903. The maximum atomic E-state index is 12.0. The maximum absolute atomic E-state index is 12.0. The van der Waals surface area contributed by atoms with E-state index in [9.17, 15) is 9.90 Å². The Morgan fingerprint density at radius 3 is 2.50 bits per heavy atom. The summed E-state index contributed by atoms with van der Waals surface area (Å²) < 4.78 is 5.35. The summed E-state index contributed by atoms with van der Waals surface area (Å²) in [5.41, 5.74) is -0.692. The number of nitrogens with zero attached hydrogens (tertiary/aromatic N) is 3. The standard InChI is InChI=1S/C15H22ClN3O3/c1-14(2,3)22-13(20)19-6-4-15(21,5-7-19)8-11-9-18-12(16)10-17-11/h9-10,21H,4-8H2,1-3H3. The molecule has 0 saturated carbocycles. The summed E-state index contributed by atoms with van der Waals surface area (Å²) in [6, 6.07) is 0. The van der Waals surface area contributed by atoms with Crippen LogP contribution in [0, 0.1) is 0 Å². The van der Waals surface area contributed by atoms with Crippen LogP contribution in [0.3, 0.4) is 0 Å². The molecule has 6 nitrogen and oxygen atoms in total. The van der Waals surface area contributed by atoms with Gasteiger partial charge in [-0.25, -0.2) is 9.78 Å². The van der Waals surface area contributed by atoms with E-state index in [-0.39, 0.29) is 6.09 Å². The van der Waals surface area contributed by atoms with Gasteiger partial charge in [0.2, 0.25) is 0 Å². The van der Waals surface area contributed by atoms with Gasteiger partial charge in [-0.3, -0.25) is 4.98 Å². The average Bonchev–Trinajstić information content (AvgIpc) is 2.40. The van der Waals surface area contributed by atoms with Crippen LogP contribution >= 0.6 is 11.6 Å². The van der Waals surface area contributed by atoms with E-state index in [4.69, 9.17) is 16.3 Å². The van der Waals surface area contributed by atoms with E-state index in [2.05, 4.69) is 9.97 Å². The van der Waals surface area contributed by atoms with Crippen molar-refractivity contribution >= 4 is 17.7 Å². The highest BCUT2D eigenvalue weighted by molar-refractivity contribution is 6.29. The minimum atomic E-state index is -0.874. The molecule has 0 bridgehead atoms. The van der Waals surface area contributed by atoms with Gasteiger partial charge >= 0.3 is 6.09 Å². The summed E-state index contributed by atoms with van der Waals surface area (Å²) in [7, 11) is 0. The van der Waals surface area contributed by atoms with Gasteiger partial charge in [0.1, 0.15) is 10.8 Å². The van der Waals surface area contributed by atoms with E-state index >= 15 is 0 Å². The smallest absolute Gasteiger partial charge is 0.410 e. The zero-order valence-electron chi connectivity index (χ0n) is 13.2. The molecular weight excluding hydrogens is 306 g/mol. The molecule has 1 saturated heterocycles. The van der Waals surface area contributed by atoms with Gasteiger partial charge in [-0.2, -0.15) is 0 Å². The number of aliphatic hydroxyl groups is 1. The first-order chi connectivity index (χ1) is 10.2. The summed E-state index contributed by atoms with van der Waals surface area (Å²) in [5, 5.41) is 11.0. The number of halogens is 1. The van der Waals surface area contributed by atoms with Gasteiger partial charge in [0.05, 0.1) is 23.7 Å². The Labute approximate surface area is 135 Å². The fraction of sp³-hybridized carbons (Fsp3) is 0.667. The number of hydrogen-bond acceptors (Lipinski definition) is 5. The molecule has 7 heteroatoms. The third kappa shape index (κ3) is 4.81. The van der Waals surface area contributed by atoms with Gasteiger partial charge in [0.25, 0.3) is 0 Å². The Balaban J connectivity index is 1.90. The lowest BCUT2D eigenvalue weighted by molar-refractivity contribution is -0.0320. The van der Waals surface area contributed by atoms with Crippen LogP contribution in [-0.2, 0) is 11.2 Å². The minimum Gasteiger partial charge on any atom is -0.444 e. The van der Waals surface area contributed by atoms with Crippen LogP contribution < -0.4 is 0 Å². The van der Waals surface area contributed by atoms with Gasteiger partial charge in [-0.15, -0.1) is 0 Å². The second-order valence-electron chi connectivity index (χ2n) is 6.70. The highest BCUT2D eigenvalue weighted by atomic mass is 35.5. The molecule has 1 fully saturated rings. The van der Waals surface area contributed by atoms with Crippen LogP contribution in [0.1, 0.15) is 39.3 Å². The molecule has 1 N–H and O–H groups in total. The Kier molecular flexibility index (Phi) is 4.92. The van der Waals surface area contributed by atoms with Crippen LogP contribution in [0.4, 0.5) is 4.79 Å². The van der Waals surface area contributed by atoms with E-state index in [1.165, 1.54) is 6.20 Å². The van der Waals surface area contributed by atoms with Crippen molar-refractivity contribution in [1.82, 2.24) is 14.9 Å². The van der Waals surface area contributed by atoms with Gasteiger partial charge < -0.3 is 14.7 Å². The number of likely N-dealkylation sites (tertiary alicyclic amines) is 1.